The molecule has 0 atom stereocenters. The number of nitrogens with one attached hydrogen (secondary N) is 1. The van der Waals surface area contributed by atoms with Crippen molar-refractivity contribution in [1.82, 2.24) is 25.1 Å². The third-order valence-corrected chi connectivity index (χ3v) is 4.99. The lowest BCUT2D eigenvalue weighted by Crippen LogP contribution is -2.20. The monoisotopic (exact) mass is 383 g/mol. The molecule has 1 aliphatic heterocycles. The third kappa shape index (κ3) is 3.12. The van der Waals surface area contributed by atoms with Gasteiger partial charge in [0.1, 0.15) is 5.02 Å². The maximum atomic E-state index is 11.7. The van der Waals surface area contributed by atoms with Crippen LogP contribution in [0.2, 0.25) is 5.02 Å². The number of aromatic amines is 1. The van der Waals surface area contributed by atoms with Crippen LogP contribution in [0.5, 0.6) is 0 Å². The van der Waals surface area contributed by atoms with Gasteiger partial charge in [-0.3, -0.25) is 9.78 Å². The molecule has 0 fully saturated rings. The van der Waals surface area contributed by atoms with E-state index in [1.54, 1.807) is 12.4 Å². The second-order valence-corrected chi connectivity index (χ2v) is 6.66. The molecule has 8 nitrogen and oxygen atoms in total. The number of halogens is 1. The van der Waals surface area contributed by atoms with Crippen LogP contribution in [-0.4, -0.2) is 32.2 Å². The van der Waals surface area contributed by atoms with E-state index < -0.39 is 5.56 Å². The van der Waals surface area contributed by atoms with Gasteiger partial charge in [0.15, 0.2) is 0 Å². The Kier molecular flexibility index (Phi) is 4.49. The van der Waals surface area contributed by atoms with Crippen molar-refractivity contribution in [3.63, 3.8) is 0 Å². The number of hydrogen-bond acceptors (Lipinski definition) is 7. The molecule has 4 rings (SSSR count). The van der Waals surface area contributed by atoms with Gasteiger partial charge in [-0.2, -0.15) is 5.10 Å². The van der Waals surface area contributed by atoms with Crippen LogP contribution in [0.15, 0.2) is 35.5 Å². The molecular weight excluding hydrogens is 366 g/mol. The molecule has 138 valence electrons. The van der Waals surface area contributed by atoms with Crippen LogP contribution >= 0.6 is 11.6 Å². The second-order valence-electron chi connectivity index (χ2n) is 6.28. The molecule has 27 heavy (non-hydrogen) atoms. The summed E-state index contributed by atoms with van der Waals surface area (Å²) in [5, 5.41) is 6.31. The largest absolute Gasteiger partial charge is 0.358 e. The predicted octanol–water partition coefficient (Wildman–Crippen LogP) is 2.46. The van der Waals surface area contributed by atoms with E-state index in [-0.39, 0.29) is 5.02 Å². The Balaban J connectivity index is 1.63. The van der Waals surface area contributed by atoms with E-state index in [4.69, 9.17) is 16.6 Å². The van der Waals surface area contributed by atoms with Crippen molar-refractivity contribution in [2.24, 2.45) is 0 Å². The zero-order valence-electron chi connectivity index (χ0n) is 15.0. The van der Waals surface area contributed by atoms with E-state index in [9.17, 15) is 4.79 Å². The van der Waals surface area contributed by atoms with E-state index in [0.717, 1.165) is 29.1 Å². The first kappa shape index (κ1) is 17.4. The molecule has 9 heteroatoms. The molecular formula is C18H18ClN7O. The molecule has 3 aromatic heterocycles. The van der Waals surface area contributed by atoms with Crippen LogP contribution in [0.3, 0.4) is 0 Å². The summed E-state index contributed by atoms with van der Waals surface area (Å²) in [7, 11) is 1.93. The number of aromatic nitrogens is 5. The van der Waals surface area contributed by atoms with E-state index in [1.165, 1.54) is 0 Å². The first-order valence-electron chi connectivity index (χ1n) is 8.59. The first-order valence-corrected chi connectivity index (χ1v) is 8.96. The molecule has 1 aliphatic rings. The van der Waals surface area contributed by atoms with Crippen LogP contribution in [0.25, 0.3) is 0 Å². The highest BCUT2D eigenvalue weighted by Crippen LogP contribution is 2.31. The van der Waals surface area contributed by atoms with E-state index >= 15 is 0 Å². The number of rotatable bonds is 4. The minimum Gasteiger partial charge on any atom is -0.358 e. The van der Waals surface area contributed by atoms with Gasteiger partial charge in [0.25, 0.3) is 5.56 Å². The van der Waals surface area contributed by atoms with Gasteiger partial charge in [-0.05, 0) is 18.6 Å². The van der Waals surface area contributed by atoms with Crippen LogP contribution < -0.4 is 15.4 Å². The topological polar surface area (TPSA) is 90.9 Å². The molecule has 0 saturated heterocycles. The average Bonchev–Trinajstić information content (AvgIpc) is 3.12. The molecule has 0 amide bonds. The molecule has 0 spiro atoms. The van der Waals surface area contributed by atoms with E-state index in [2.05, 4.69) is 27.1 Å². The standard InChI is InChI=1S/C18H18ClN7O/c1-3-12-14(5-4-6-20-12)25(2)18-21-7-11-9-26(10-13(11)23-18)15-8-22-24-17(27)16(15)19/h4-8H,3,9-10H2,1-2H3,(H,24,27). The third-order valence-electron chi connectivity index (χ3n) is 4.62. The summed E-state index contributed by atoms with van der Waals surface area (Å²) < 4.78 is 0. The number of aryl methyl sites for hydroxylation is 1. The quantitative estimate of drug-likeness (QED) is 0.739. The molecule has 0 aromatic carbocycles. The zero-order chi connectivity index (χ0) is 19.0. The molecule has 0 aliphatic carbocycles. The van der Waals surface area contributed by atoms with Crippen LogP contribution in [0.1, 0.15) is 23.9 Å². The van der Waals surface area contributed by atoms with Crippen molar-refractivity contribution in [2.75, 3.05) is 16.8 Å². The molecule has 1 N–H and O–H groups in total. The zero-order valence-corrected chi connectivity index (χ0v) is 15.7. The maximum absolute atomic E-state index is 11.7. The highest BCUT2D eigenvalue weighted by atomic mass is 35.5. The number of fused-ring (bicyclic) bond motifs is 1. The highest BCUT2D eigenvalue weighted by Gasteiger charge is 2.25. The molecule has 0 unspecified atom stereocenters. The van der Waals surface area contributed by atoms with Crippen LogP contribution in [0.4, 0.5) is 17.3 Å². The summed E-state index contributed by atoms with van der Waals surface area (Å²) in [6.45, 7) is 3.19. The first-order chi connectivity index (χ1) is 13.1. The number of pyridine rings is 1. The molecule has 3 aromatic rings. The lowest BCUT2D eigenvalue weighted by atomic mass is 10.2. The molecule has 0 saturated carbocycles. The summed E-state index contributed by atoms with van der Waals surface area (Å²) in [6, 6.07) is 3.92. The highest BCUT2D eigenvalue weighted by molar-refractivity contribution is 6.33. The Bertz CT molecular complexity index is 1050. The minimum atomic E-state index is -0.402. The fourth-order valence-corrected chi connectivity index (χ4v) is 3.39. The van der Waals surface area contributed by atoms with Gasteiger partial charge < -0.3 is 9.80 Å². The van der Waals surface area contributed by atoms with Crippen molar-refractivity contribution >= 4 is 28.9 Å². The van der Waals surface area contributed by atoms with Crippen molar-refractivity contribution in [3.05, 3.63) is 63.1 Å². The Morgan fingerprint density at radius 2 is 2.15 bits per heavy atom. The van der Waals surface area contributed by atoms with Crippen LogP contribution in [0, 0.1) is 0 Å². The lowest BCUT2D eigenvalue weighted by Gasteiger charge is -2.19. The normalized spacial score (nSPS) is 12.9. The van der Waals surface area contributed by atoms with Gasteiger partial charge in [0.2, 0.25) is 5.95 Å². The fraction of sp³-hybridized carbons (Fsp3) is 0.278. The van der Waals surface area contributed by atoms with Gasteiger partial charge >= 0.3 is 0 Å². The van der Waals surface area contributed by atoms with Gasteiger partial charge in [0, 0.05) is 31.5 Å². The number of nitrogens with zero attached hydrogens (tertiary/aromatic N) is 6. The minimum absolute atomic E-state index is 0.131. The summed E-state index contributed by atoms with van der Waals surface area (Å²) in [5.74, 6) is 0.605. The van der Waals surface area contributed by atoms with Crippen LogP contribution in [-0.2, 0) is 19.5 Å². The lowest BCUT2D eigenvalue weighted by molar-refractivity contribution is 0.850. The van der Waals surface area contributed by atoms with Gasteiger partial charge in [-0.25, -0.2) is 15.1 Å². The SMILES string of the molecule is CCc1ncccc1N(C)c1ncc2c(n1)CN(c1cn[nH]c(=O)c1Cl)C2. The van der Waals surface area contributed by atoms with Gasteiger partial charge in [0.05, 0.1) is 35.5 Å². The van der Waals surface area contributed by atoms with Crippen molar-refractivity contribution in [2.45, 2.75) is 26.4 Å². The number of hydrogen-bond donors (Lipinski definition) is 1. The predicted molar refractivity (Wildman–Crippen MR) is 103 cm³/mol. The summed E-state index contributed by atoms with van der Waals surface area (Å²) in [4.78, 5) is 29.3. The average molecular weight is 384 g/mol. The van der Waals surface area contributed by atoms with E-state index in [0.29, 0.717) is 24.7 Å². The fourth-order valence-electron chi connectivity index (χ4n) is 3.18. The molecule has 4 heterocycles. The van der Waals surface area contributed by atoms with E-state index in [1.807, 2.05) is 35.2 Å². The van der Waals surface area contributed by atoms with Crippen molar-refractivity contribution in [3.8, 4) is 0 Å². The van der Waals surface area contributed by atoms with Crippen molar-refractivity contribution < 1.29 is 0 Å². The summed E-state index contributed by atoms with van der Waals surface area (Å²) in [6.07, 6.45) is 5.99. The molecule has 0 bridgehead atoms. The Morgan fingerprint density at radius 1 is 1.30 bits per heavy atom. The Hall–Kier alpha value is -3.00. The maximum Gasteiger partial charge on any atom is 0.285 e. The second kappa shape index (κ2) is 6.96. The summed E-state index contributed by atoms with van der Waals surface area (Å²) >= 11 is 6.13. The Morgan fingerprint density at radius 3 is 2.96 bits per heavy atom. The summed E-state index contributed by atoms with van der Waals surface area (Å²) in [5.41, 5.74) is 4.08. The van der Waals surface area contributed by atoms with Gasteiger partial charge in [-0.1, -0.05) is 18.5 Å². The molecule has 0 radical (unpaired) electrons. The van der Waals surface area contributed by atoms with Gasteiger partial charge in [-0.15, -0.1) is 0 Å². The number of H-pyrrole nitrogens is 1. The number of anilines is 3. The smallest absolute Gasteiger partial charge is 0.285 e. The van der Waals surface area contributed by atoms with Crippen molar-refractivity contribution in [1.29, 1.82) is 0 Å². The Labute approximate surface area is 160 Å².